The Morgan fingerprint density at radius 2 is 1.73 bits per heavy atom. The molecule has 1 amide bonds. The monoisotopic (exact) mass is 518 g/mol. The van der Waals surface area contributed by atoms with E-state index in [1.807, 2.05) is 44.0 Å². The molecule has 194 valence electrons. The largest absolute Gasteiger partial charge is 0.507 e. The van der Waals surface area contributed by atoms with Crippen LogP contribution in [0.25, 0.3) is 11.1 Å². The molecule has 0 bridgehead atoms. The SMILES string of the molecule is Cc1c(C)c2c(c(C)c1O)CCC(C)(C(=O)N1CCN(c3ccc(-c4ccsc4C(=N)N)cc3)CC1)O2. The number of nitrogens with two attached hydrogens (primary N) is 1. The zero-order valence-corrected chi connectivity index (χ0v) is 22.7. The Labute approximate surface area is 222 Å². The number of benzene rings is 2. The second-order valence-corrected chi connectivity index (χ2v) is 11.2. The first-order valence-corrected chi connectivity index (χ1v) is 13.6. The number of nitrogens with zero attached hydrogens (tertiary/aromatic N) is 2. The Hall–Kier alpha value is -3.52. The van der Waals surface area contributed by atoms with Crippen molar-refractivity contribution in [1.82, 2.24) is 4.90 Å². The van der Waals surface area contributed by atoms with E-state index >= 15 is 0 Å². The minimum Gasteiger partial charge on any atom is -0.507 e. The van der Waals surface area contributed by atoms with Crippen molar-refractivity contribution in [2.75, 3.05) is 31.1 Å². The van der Waals surface area contributed by atoms with Gasteiger partial charge >= 0.3 is 0 Å². The summed E-state index contributed by atoms with van der Waals surface area (Å²) in [5.41, 5.74) is 11.5. The molecule has 1 atom stereocenters. The van der Waals surface area contributed by atoms with Crippen LogP contribution in [-0.4, -0.2) is 53.5 Å². The number of ether oxygens (including phenoxy) is 1. The lowest BCUT2D eigenvalue weighted by molar-refractivity contribution is -0.148. The van der Waals surface area contributed by atoms with Gasteiger partial charge in [0.25, 0.3) is 5.91 Å². The molecule has 5 rings (SSSR count). The van der Waals surface area contributed by atoms with E-state index in [1.54, 1.807) is 0 Å². The number of fused-ring (bicyclic) bond motifs is 1. The smallest absolute Gasteiger partial charge is 0.266 e. The number of carbonyl (C=O) groups excluding carboxylic acids is 1. The average Bonchev–Trinajstić information content (AvgIpc) is 3.41. The standard InChI is InChI=1S/C29H34N4O3S/c1-17-18(2)25-22(19(3)24(17)34)9-11-29(4,36-25)28(35)33-14-12-32(13-15-33)21-7-5-20(6-8-21)23-10-16-37-26(23)27(30)31/h5-8,10,16,34H,9,11-15H2,1-4H3,(H3,30,31). The highest BCUT2D eigenvalue weighted by atomic mass is 32.1. The van der Waals surface area contributed by atoms with Crippen molar-refractivity contribution in [1.29, 1.82) is 5.41 Å². The van der Waals surface area contributed by atoms with E-state index in [9.17, 15) is 9.90 Å². The lowest BCUT2D eigenvalue weighted by Crippen LogP contribution is -2.57. The molecule has 0 spiro atoms. The number of anilines is 1. The number of phenolic OH excluding ortho intramolecular Hbond substituents is 1. The van der Waals surface area contributed by atoms with Gasteiger partial charge in [-0.1, -0.05) is 12.1 Å². The van der Waals surface area contributed by atoms with Crippen molar-refractivity contribution >= 4 is 28.8 Å². The number of thiophene rings is 1. The molecule has 2 aromatic carbocycles. The van der Waals surface area contributed by atoms with Crippen LogP contribution in [-0.2, 0) is 11.2 Å². The zero-order chi connectivity index (χ0) is 26.5. The molecule has 2 aliphatic rings. The van der Waals surface area contributed by atoms with Crippen LogP contribution in [0.5, 0.6) is 11.5 Å². The van der Waals surface area contributed by atoms with Crippen LogP contribution in [0.3, 0.4) is 0 Å². The van der Waals surface area contributed by atoms with Crippen LogP contribution in [0, 0.1) is 26.2 Å². The van der Waals surface area contributed by atoms with Crippen LogP contribution in [0.15, 0.2) is 35.7 Å². The molecule has 1 fully saturated rings. The number of hydrogen-bond donors (Lipinski definition) is 3. The Bertz CT molecular complexity index is 1370. The number of rotatable bonds is 4. The molecule has 3 aromatic rings. The Morgan fingerprint density at radius 3 is 2.38 bits per heavy atom. The maximum absolute atomic E-state index is 13.6. The quantitative estimate of drug-likeness (QED) is 0.341. The number of nitrogen functional groups attached to an aromatic ring is 1. The highest BCUT2D eigenvalue weighted by Gasteiger charge is 2.43. The first-order chi connectivity index (χ1) is 17.6. The van der Waals surface area contributed by atoms with Crippen molar-refractivity contribution in [3.05, 3.63) is 62.8 Å². The average molecular weight is 519 g/mol. The summed E-state index contributed by atoms with van der Waals surface area (Å²) in [6.07, 6.45) is 1.30. The van der Waals surface area contributed by atoms with E-state index in [1.165, 1.54) is 11.3 Å². The predicted molar refractivity (Wildman–Crippen MR) is 149 cm³/mol. The molecule has 0 aliphatic carbocycles. The number of amides is 1. The molecule has 8 heteroatoms. The second-order valence-electron chi connectivity index (χ2n) is 10.3. The summed E-state index contributed by atoms with van der Waals surface area (Å²) in [6, 6.07) is 10.3. The van der Waals surface area contributed by atoms with Gasteiger partial charge in [0.2, 0.25) is 0 Å². The fraction of sp³-hybridized carbons (Fsp3) is 0.379. The van der Waals surface area contributed by atoms with Gasteiger partial charge < -0.3 is 25.4 Å². The van der Waals surface area contributed by atoms with Crippen molar-refractivity contribution < 1.29 is 14.6 Å². The summed E-state index contributed by atoms with van der Waals surface area (Å²) in [5, 5.41) is 20.2. The lowest BCUT2D eigenvalue weighted by atomic mass is 9.86. The van der Waals surface area contributed by atoms with E-state index in [0.29, 0.717) is 31.7 Å². The first kappa shape index (κ1) is 25.1. The summed E-state index contributed by atoms with van der Waals surface area (Å²) in [5.74, 6) is 1.21. The lowest BCUT2D eigenvalue weighted by Gasteiger charge is -2.42. The minimum atomic E-state index is -0.910. The highest BCUT2D eigenvalue weighted by Crippen LogP contribution is 2.43. The molecule has 0 radical (unpaired) electrons. The number of carbonyl (C=O) groups is 1. The molecule has 37 heavy (non-hydrogen) atoms. The van der Waals surface area contributed by atoms with Gasteiger partial charge in [-0.15, -0.1) is 11.3 Å². The number of piperazine rings is 1. The van der Waals surface area contributed by atoms with Gasteiger partial charge in [0.15, 0.2) is 5.60 Å². The fourth-order valence-corrected chi connectivity index (χ4v) is 6.28. The summed E-state index contributed by atoms with van der Waals surface area (Å²) < 4.78 is 6.43. The predicted octanol–water partition coefficient (Wildman–Crippen LogP) is 4.76. The van der Waals surface area contributed by atoms with Gasteiger partial charge in [0.1, 0.15) is 17.3 Å². The van der Waals surface area contributed by atoms with E-state index in [0.717, 1.165) is 62.8 Å². The third-order valence-corrected chi connectivity index (χ3v) is 8.94. The maximum Gasteiger partial charge on any atom is 0.266 e. The third-order valence-electron chi connectivity index (χ3n) is 7.99. The normalized spacial score (nSPS) is 19.4. The third kappa shape index (κ3) is 4.33. The Balaban J connectivity index is 1.26. The Morgan fingerprint density at radius 1 is 1.05 bits per heavy atom. The van der Waals surface area contributed by atoms with E-state index in [-0.39, 0.29) is 11.7 Å². The number of amidine groups is 1. The molecule has 2 aliphatic heterocycles. The molecule has 7 nitrogen and oxygen atoms in total. The fourth-order valence-electron chi connectivity index (χ4n) is 5.50. The van der Waals surface area contributed by atoms with Gasteiger partial charge in [-0.2, -0.15) is 0 Å². The summed E-state index contributed by atoms with van der Waals surface area (Å²) >= 11 is 1.48. The molecular formula is C29H34N4O3S. The van der Waals surface area contributed by atoms with Crippen molar-refractivity contribution in [2.45, 2.75) is 46.1 Å². The zero-order valence-electron chi connectivity index (χ0n) is 21.9. The van der Waals surface area contributed by atoms with Crippen LogP contribution >= 0.6 is 11.3 Å². The van der Waals surface area contributed by atoms with E-state index < -0.39 is 5.60 Å². The minimum absolute atomic E-state index is 0.0325. The van der Waals surface area contributed by atoms with Crippen LogP contribution in [0.2, 0.25) is 0 Å². The first-order valence-electron chi connectivity index (χ1n) is 12.7. The van der Waals surface area contributed by atoms with Crippen LogP contribution in [0.4, 0.5) is 5.69 Å². The van der Waals surface area contributed by atoms with Gasteiger partial charge in [-0.25, -0.2) is 0 Å². The number of nitrogens with one attached hydrogen (secondary N) is 1. The van der Waals surface area contributed by atoms with Crippen molar-refractivity contribution in [2.24, 2.45) is 5.73 Å². The van der Waals surface area contributed by atoms with E-state index in [2.05, 4.69) is 29.2 Å². The van der Waals surface area contributed by atoms with Gasteiger partial charge in [-0.3, -0.25) is 10.2 Å². The number of hydrogen-bond acceptors (Lipinski definition) is 6. The molecule has 0 saturated carbocycles. The molecule has 3 heterocycles. The maximum atomic E-state index is 13.6. The van der Waals surface area contributed by atoms with Crippen molar-refractivity contribution in [3.8, 4) is 22.6 Å². The summed E-state index contributed by atoms with van der Waals surface area (Å²) in [4.78, 5) is 18.7. The summed E-state index contributed by atoms with van der Waals surface area (Å²) in [6.45, 7) is 10.4. The highest BCUT2D eigenvalue weighted by molar-refractivity contribution is 7.12. The van der Waals surface area contributed by atoms with Gasteiger partial charge in [0, 0.05) is 49.4 Å². The number of phenols is 1. The van der Waals surface area contributed by atoms with Crippen molar-refractivity contribution in [3.63, 3.8) is 0 Å². The molecule has 1 aromatic heterocycles. The van der Waals surface area contributed by atoms with Gasteiger partial charge in [0.05, 0.1) is 4.88 Å². The van der Waals surface area contributed by atoms with Crippen LogP contribution in [0.1, 0.15) is 40.5 Å². The summed E-state index contributed by atoms with van der Waals surface area (Å²) in [7, 11) is 0. The molecule has 1 unspecified atom stereocenters. The number of aromatic hydroxyl groups is 1. The van der Waals surface area contributed by atoms with E-state index in [4.69, 9.17) is 15.9 Å². The molecular weight excluding hydrogens is 484 g/mol. The molecule has 4 N–H and O–H groups in total. The van der Waals surface area contributed by atoms with Crippen LogP contribution < -0.4 is 15.4 Å². The second kappa shape index (κ2) is 9.41. The van der Waals surface area contributed by atoms with Gasteiger partial charge in [-0.05, 0) is 79.9 Å². The molecule has 1 saturated heterocycles. The Kier molecular flexibility index (Phi) is 6.40. The topological polar surface area (TPSA) is 103 Å².